The number of imidazole rings is 1. The molecule has 0 aliphatic carbocycles. The molecule has 7 aromatic rings. The van der Waals surface area contributed by atoms with Crippen LogP contribution in [0.2, 0.25) is 0 Å². The number of hydrogen-bond acceptors (Lipinski definition) is 3. The zero-order valence-corrected chi connectivity index (χ0v) is 25.9. The van der Waals surface area contributed by atoms with Gasteiger partial charge in [-0.3, -0.25) is 0 Å². The van der Waals surface area contributed by atoms with Crippen LogP contribution >= 0.6 is 0 Å². The summed E-state index contributed by atoms with van der Waals surface area (Å²) in [5.41, 5.74) is 15.3. The molecule has 0 atom stereocenters. The lowest BCUT2D eigenvalue weighted by atomic mass is 10.0. The maximum Gasteiger partial charge on any atom is 0.140 e. The summed E-state index contributed by atoms with van der Waals surface area (Å²) >= 11 is 0. The van der Waals surface area contributed by atoms with E-state index in [1.54, 1.807) is 0 Å². The quantitative estimate of drug-likeness (QED) is 0.207. The molecule has 2 aliphatic heterocycles. The van der Waals surface area contributed by atoms with Crippen molar-refractivity contribution in [2.75, 3.05) is 0 Å². The van der Waals surface area contributed by atoms with Crippen molar-refractivity contribution in [1.29, 1.82) is 0 Å². The van der Waals surface area contributed by atoms with Gasteiger partial charge in [-0.2, -0.15) is 0 Å². The van der Waals surface area contributed by atoms with Gasteiger partial charge in [0.1, 0.15) is 5.65 Å². The van der Waals surface area contributed by atoms with E-state index in [0.717, 1.165) is 89.5 Å². The number of H-pyrrole nitrogens is 2. The average Bonchev–Trinajstić information content (AvgIpc) is 3.98. The van der Waals surface area contributed by atoms with Crippen molar-refractivity contribution in [2.45, 2.75) is 0 Å². The van der Waals surface area contributed by atoms with Crippen LogP contribution in [0, 0.1) is 0 Å². The first-order chi connectivity index (χ1) is 23.8. The van der Waals surface area contributed by atoms with Gasteiger partial charge in [-0.1, -0.05) is 121 Å². The van der Waals surface area contributed by atoms with E-state index in [1.807, 2.05) is 30.5 Å². The second kappa shape index (κ2) is 11.6. The summed E-state index contributed by atoms with van der Waals surface area (Å²) in [7, 11) is 0. The molecule has 5 heterocycles. The lowest BCUT2D eigenvalue weighted by Crippen LogP contribution is -1.89. The highest BCUT2D eigenvalue weighted by Crippen LogP contribution is 2.37. The highest BCUT2D eigenvalue weighted by atomic mass is 14.9. The number of nitrogens with one attached hydrogen (secondary N) is 2. The molecule has 0 saturated heterocycles. The summed E-state index contributed by atoms with van der Waals surface area (Å²) in [6.45, 7) is 0. The molecule has 9 rings (SSSR count). The van der Waals surface area contributed by atoms with Crippen LogP contribution in [0.25, 0.3) is 91.0 Å². The van der Waals surface area contributed by atoms with Gasteiger partial charge in [0.2, 0.25) is 0 Å². The van der Waals surface area contributed by atoms with Gasteiger partial charge in [0, 0.05) is 27.7 Å². The van der Waals surface area contributed by atoms with Gasteiger partial charge in [-0.25, -0.2) is 15.0 Å². The predicted molar refractivity (Wildman–Crippen MR) is 198 cm³/mol. The van der Waals surface area contributed by atoms with Crippen LogP contribution in [0.15, 0.2) is 140 Å². The van der Waals surface area contributed by atoms with Gasteiger partial charge in [0.25, 0.3) is 0 Å². The SMILES string of the molecule is C1=Cc2nc1c(-c1ccccc1)c1ccc([nH]1)c(-c1ccccc1)c1nc(c(-c3ccccc3)c3ncc([nH]3)c2-c2ccccc2)C=C1. The third-order valence-corrected chi connectivity index (χ3v) is 8.86. The lowest BCUT2D eigenvalue weighted by molar-refractivity contribution is 1.30. The molecule has 226 valence electrons. The van der Waals surface area contributed by atoms with Gasteiger partial charge in [-0.05, 0) is 58.7 Å². The standard InChI is InChI=1S/C43H29N5/c1-5-13-28(14-6-1)39-32-21-22-33(45-32)40(29-15-7-2-8-16-29)35-25-26-37(47-35)42(31-19-11-4-12-20-31)43-44-27-38(48-43)41(30-17-9-3-10-18-30)36-24-23-34(39)46-36/h1-27,45H,(H,44,48). The van der Waals surface area contributed by atoms with E-state index < -0.39 is 0 Å². The molecular weight excluding hydrogens is 587 g/mol. The monoisotopic (exact) mass is 615 g/mol. The Morgan fingerprint density at radius 3 is 1.10 bits per heavy atom. The van der Waals surface area contributed by atoms with Crippen LogP contribution in [0.3, 0.4) is 0 Å². The van der Waals surface area contributed by atoms with E-state index in [2.05, 4.69) is 143 Å². The number of nitrogens with zero attached hydrogens (tertiary/aromatic N) is 3. The Bertz CT molecular complexity index is 2180. The molecule has 5 heteroatoms. The van der Waals surface area contributed by atoms with Crippen LogP contribution in [-0.4, -0.2) is 24.9 Å². The molecule has 2 N–H and O–H groups in total. The summed E-state index contributed by atoms with van der Waals surface area (Å²) in [4.78, 5) is 23.1. The summed E-state index contributed by atoms with van der Waals surface area (Å²) in [6.07, 6.45) is 10.3. The van der Waals surface area contributed by atoms with Gasteiger partial charge >= 0.3 is 0 Å². The van der Waals surface area contributed by atoms with Crippen LogP contribution in [0.1, 0.15) is 22.8 Å². The van der Waals surface area contributed by atoms with E-state index in [0.29, 0.717) is 0 Å². The van der Waals surface area contributed by atoms with Crippen LogP contribution in [0.4, 0.5) is 0 Å². The number of fused-ring (bicyclic) bond motifs is 8. The van der Waals surface area contributed by atoms with Crippen LogP contribution in [-0.2, 0) is 0 Å². The van der Waals surface area contributed by atoms with Crippen LogP contribution in [0.5, 0.6) is 0 Å². The summed E-state index contributed by atoms with van der Waals surface area (Å²) < 4.78 is 0. The minimum atomic E-state index is 0.744. The van der Waals surface area contributed by atoms with E-state index >= 15 is 0 Å². The van der Waals surface area contributed by atoms with Crippen molar-refractivity contribution < 1.29 is 0 Å². The Balaban J connectivity index is 1.49. The first-order valence-corrected chi connectivity index (χ1v) is 16.0. The van der Waals surface area contributed by atoms with Crippen molar-refractivity contribution in [3.05, 3.63) is 162 Å². The maximum absolute atomic E-state index is 5.32. The first-order valence-electron chi connectivity index (χ1n) is 16.0. The third-order valence-electron chi connectivity index (χ3n) is 8.86. The van der Waals surface area contributed by atoms with E-state index in [1.165, 1.54) is 0 Å². The lowest BCUT2D eigenvalue weighted by Gasteiger charge is -2.06. The fourth-order valence-electron chi connectivity index (χ4n) is 6.69. The van der Waals surface area contributed by atoms with Crippen molar-refractivity contribution >= 4 is 46.5 Å². The molecule has 0 saturated carbocycles. The van der Waals surface area contributed by atoms with Gasteiger partial charge < -0.3 is 9.97 Å². The Kier molecular flexibility index (Phi) is 6.72. The highest BCUT2D eigenvalue weighted by molar-refractivity contribution is 5.99. The van der Waals surface area contributed by atoms with Gasteiger partial charge in [0.15, 0.2) is 0 Å². The van der Waals surface area contributed by atoms with Gasteiger partial charge in [0.05, 0.1) is 40.1 Å². The number of benzene rings is 4. The molecule has 0 amide bonds. The Hall–Kier alpha value is -6.59. The fraction of sp³-hybridized carbons (Fsp3) is 0. The normalized spacial score (nSPS) is 12.0. The number of aromatic nitrogens is 5. The molecule has 4 aromatic carbocycles. The number of hydrogen-bond donors (Lipinski definition) is 2. The molecule has 2 aliphatic rings. The van der Waals surface area contributed by atoms with Crippen molar-refractivity contribution in [1.82, 2.24) is 24.9 Å². The van der Waals surface area contributed by atoms with Crippen molar-refractivity contribution in [2.24, 2.45) is 0 Å². The molecule has 0 spiro atoms. The van der Waals surface area contributed by atoms with E-state index in [-0.39, 0.29) is 0 Å². The topological polar surface area (TPSA) is 70.2 Å². The Morgan fingerprint density at radius 1 is 0.333 bits per heavy atom. The molecule has 0 fully saturated rings. The number of rotatable bonds is 4. The molecule has 48 heavy (non-hydrogen) atoms. The predicted octanol–water partition coefficient (Wildman–Crippen LogP) is 10.7. The molecule has 5 nitrogen and oxygen atoms in total. The minimum absolute atomic E-state index is 0.744. The molecule has 0 radical (unpaired) electrons. The first kappa shape index (κ1) is 27.7. The number of aromatic amines is 2. The van der Waals surface area contributed by atoms with Crippen molar-refractivity contribution in [3.63, 3.8) is 0 Å². The summed E-state index contributed by atoms with van der Waals surface area (Å²) in [5.74, 6) is 0. The summed E-state index contributed by atoms with van der Waals surface area (Å²) in [5, 5.41) is 0. The Morgan fingerprint density at radius 2 is 0.688 bits per heavy atom. The third kappa shape index (κ3) is 4.86. The van der Waals surface area contributed by atoms with Gasteiger partial charge in [-0.15, -0.1) is 0 Å². The maximum atomic E-state index is 5.32. The summed E-state index contributed by atoms with van der Waals surface area (Å²) in [6, 6.07) is 46.0. The zero-order chi connectivity index (χ0) is 31.9. The van der Waals surface area contributed by atoms with E-state index in [9.17, 15) is 0 Å². The minimum Gasteiger partial charge on any atom is -0.354 e. The molecule has 3 aromatic heterocycles. The molecular formula is C43H29N5. The largest absolute Gasteiger partial charge is 0.354 e. The average molecular weight is 616 g/mol. The molecule has 0 unspecified atom stereocenters. The van der Waals surface area contributed by atoms with Crippen LogP contribution < -0.4 is 0 Å². The Labute approximate surface area is 277 Å². The van der Waals surface area contributed by atoms with E-state index in [4.69, 9.17) is 15.0 Å². The van der Waals surface area contributed by atoms with Crippen molar-refractivity contribution in [3.8, 4) is 44.5 Å². The zero-order valence-electron chi connectivity index (χ0n) is 25.9. The fourth-order valence-corrected chi connectivity index (χ4v) is 6.69. The second-order valence-electron chi connectivity index (χ2n) is 11.8. The molecule has 8 bridgehead atoms. The smallest absolute Gasteiger partial charge is 0.140 e. The highest BCUT2D eigenvalue weighted by Gasteiger charge is 2.19. The second-order valence-corrected chi connectivity index (χ2v) is 11.8.